The summed E-state index contributed by atoms with van der Waals surface area (Å²) in [4.78, 5) is 10.9. The Labute approximate surface area is 123 Å². The van der Waals surface area contributed by atoms with E-state index >= 15 is 0 Å². The van der Waals surface area contributed by atoms with Gasteiger partial charge in [-0.05, 0) is 18.1 Å². The molecule has 0 fully saturated rings. The summed E-state index contributed by atoms with van der Waals surface area (Å²) in [6.45, 7) is -0.409. The maximum atomic E-state index is 12.7. The fourth-order valence-electron chi connectivity index (χ4n) is 1.70. The Hall–Kier alpha value is -2.06. The van der Waals surface area contributed by atoms with Crippen molar-refractivity contribution in [3.05, 3.63) is 23.8 Å². The van der Waals surface area contributed by atoms with Crippen molar-refractivity contribution in [3.8, 4) is 11.5 Å². The van der Waals surface area contributed by atoms with Gasteiger partial charge in [0.1, 0.15) is 0 Å². The lowest BCUT2D eigenvalue weighted by Gasteiger charge is -2.19. The molecule has 9 heteroatoms. The predicted molar refractivity (Wildman–Crippen MR) is 67.3 cm³/mol. The zero-order valence-electron chi connectivity index (χ0n) is 11.8. The van der Waals surface area contributed by atoms with Gasteiger partial charge in [-0.25, -0.2) is 0 Å². The Kier molecular flexibility index (Phi) is 5.56. The molecule has 1 aromatic carbocycles. The molecule has 0 aliphatic heterocycles. The zero-order valence-corrected chi connectivity index (χ0v) is 11.8. The SMILES string of the molecule is COc1cccc(CCNC(=O)C(F)(F)C(F)(F)F)c1OC. The zero-order chi connectivity index (χ0) is 17.0. The van der Waals surface area contributed by atoms with E-state index in [2.05, 4.69) is 0 Å². The maximum absolute atomic E-state index is 12.7. The molecule has 0 aliphatic rings. The van der Waals surface area contributed by atoms with Gasteiger partial charge in [-0.2, -0.15) is 22.0 Å². The standard InChI is InChI=1S/C13H14F5NO3/c1-21-9-5-3-4-8(10(9)22-2)6-7-19-11(20)12(14,15)13(16,17)18/h3-5H,6-7H2,1-2H3,(H,19,20). The highest BCUT2D eigenvalue weighted by Gasteiger charge is 2.63. The van der Waals surface area contributed by atoms with Gasteiger partial charge in [0, 0.05) is 6.54 Å². The smallest absolute Gasteiger partial charge is 0.463 e. The van der Waals surface area contributed by atoms with Crippen molar-refractivity contribution in [2.24, 2.45) is 0 Å². The molecular formula is C13H14F5NO3. The number of hydrogen-bond acceptors (Lipinski definition) is 3. The highest BCUT2D eigenvalue weighted by molar-refractivity contribution is 5.84. The maximum Gasteiger partial charge on any atom is 0.463 e. The van der Waals surface area contributed by atoms with Gasteiger partial charge in [0.15, 0.2) is 11.5 Å². The van der Waals surface area contributed by atoms with Crippen molar-refractivity contribution in [3.63, 3.8) is 0 Å². The summed E-state index contributed by atoms with van der Waals surface area (Å²) in [5, 5.41) is 1.56. The van der Waals surface area contributed by atoms with Crippen molar-refractivity contribution in [1.82, 2.24) is 5.32 Å². The lowest BCUT2D eigenvalue weighted by Crippen LogP contribution is -2.50. The third-order valence-electron chi connectivity index (χ3n) is 2.81. The number of hydrogen-bond donors (Lipinski definition) is 1. The molecular weight excluding hydrogens is 313 g/mol. The fourth-order valence-corrected chi connectivity index (χ4v) is 1.70. The van der Waals surface area contributed by atoms with Crippen LogP contribution in [0.3, 0.4) is 0 Å². The van der Waals surface area contributed by atoms with E-state index in [4.69, 9.17) is 9.47 Å². The van der Waals surface area contributed by atoms with E-state index < -0.39 is 24.6 Å². The van der Waals surface area contributed by atoms with Crippen LogP contribution in [0.1, 0.15) is 5.56 Å². The van der Waals surface area contributed by atoms with E-state index in [9.17, 15) is 26.7 Å². The third kappa shape index (κ3) is 3.77. The van der Waals surface area contributed by atoms with Gasteiger partial charge >= 0.3 is 12.1 Å². The molecule has 0 radical (unpaired) electrons. The van der Waals surface area contributed by atoms with E-state index in [1.165, 1.54) is 14.2 Å². The third-order valence-corrected chi connectivity index (χ3v) is 2.81. The van der Waals surface area contributed by atoms with Crippen LogP contribution in [0, 0.1) is 0 Å². The molecule has 0 unspecified atom stereocenters. The molecule has 4 nitrogen and oxygen atoms in total. The Morgan fingerprint density at radius 1 is 1.14 bits per heavy atom. The van der Waals surface area contributed by atoms with Crippen molar-refractivity contribution in [1.29, 1.82) is 0 Å². The molecule has 22 heavy (non-hydrogen) atoms. The number of benzene rings is 1. The highest BCUT2D eigenvalue weighted by Crippen LogP contribution is 2.35. The van der Waals surface area contributed by atoms with Crippen molar-refractivity contribution < 1.29 is 36.2 Å². The lowest BCUT2D eigenvalue weighted by molar-refractivity contribution is -0.269. The van der Waals surface area contributed by atoms with E-state index in [0.717, 1.165) is 0 Å². The number of halogens is 5. The number of carbonyl (C=O) groups excluding carboxylic acids is 1. The van der Waals surface area contributed by atoms with Crippen LogP contribution in [0.25, 0.3) is 0 Å². The van der Waals surface area contributed by atoms with Crippen LogP contribution >= 0.6 is 0 Å². The number of para-hydroxylation sites is 1. The Bertz CT molecular complexity index is 531. The molecule has 1 amide bonds. The van der Waals surface area contributed by atoms with Crippen LogP contribution < -0.4 is 14.8 Å². The van der Waals surface area contributed by atoms with E-state index in [1.807, 2.05) is 0 Å². The Morgan fingerprint density at radius 2 is 1.77 bits per heavy atom. The molecule has 0 bridgehead atoms. The normalized spacial score (nSPS) is 12.0. The summed E-state index contributed by atoms with van der Waals surface area (Å²) < 4.78 is 71.6. The number of ether oxygens (including phenoxy) is 2. The van der Waals surface area contributed by atoms with Gasteiger partial charge in [-0.3, -0.25) is 4.79 Å². The van der Waals surface area contributed by atoms with Gasteiger partial charge in [0.05, 0.1) is 14.2 Å². The van der Waals surface area contributed by atoms with Crippen LogP contribution in [0.15, 0.2) is 18.2 Å². The molecule has 0 heterocycles. The van der Waals surface area contributed by atoms with E-state index in [-0.39, 0.29) is 6.42 Å². The van der Waals surface area contributed by atoms with Crippen LogP contribution in [0.4, 0.5) is 22.0 Å². The van der Waals surface area contributed by atoms with E-state index in [0.29, 0.717) is 17.1 Å². The predicted octanol–water partition coefficient (Wildman–Crippen LogP) is 2.56. The quantitative estimate of drug-likeness (QED) is 0.817. The number of alkyl halides is 5. The van der Waals surface area contributed by atoms with Crippen LogP contribution in [-0.4, -0.2) is 38.8 Å². The average Bonchev–Trinajstić information content (AvgIpc) is 2.45. The summed E-state index contributed by atoms with van der Waals surface area (Å²) in [6.07, 6.45) is -5.93. The highest BCUT2D eigenvalue weighted by atomic mass is 19.4. The van der Waals surface area contributed by atoms with Crippen LogP contribution in [-0.2, 0) is 11.2 Å². The molecule has 0 aromatic heterocycles. The summed E-state index contributed by atoms with van der Waals surface area (Å²) in [5.74, 6) is -7.11. The van der Waals surface area contributed by atoms with Gasteiger partial charge < -0.3 is 14.8 Å². The molecule has 0 spiro atoms. The second-order valence-electron chi connectivity index (χ2n) is 4.23. The molecule has 0 saturated carbocycles. The molecule has 0 saturated heterocycles. The summed E-state index contributed by atoms with van der Waals surface area (Å²) >= 11 is 0. The molecule has 0 aliphatic carbocycles. The number of methoxy groups -OCH3 is 2. The Morgan fingerprint density at radius 3 is 2.27 bits per heavy atom. The lowest BCUT2D eigenvalue weighted by atomic mass is 10.1. The molecule has 124 valence electrons. The van der Waals surface area contributed by atoms with Gasteiger partial charge in [0.25, 0.3) is 5.91 Å². The first-order valence-corrected chi connectivity index (χ1v) is 6.07. The fraction of sp³-hybridized carbons (Fsp3) is 0.462. The molecule has 1 rings (SSSR count). The molecule has 1 aromatic rings. The second kappa shape index (κ2) is 6.80. The Balaban J connectivity index is 2.71. The van der Waals surface area contributed by atoms with Gasteiger partial charge in [-0.1, -0.05) is 12.1 Å². The summed E-state index contributed by atoms with van der Waals surface area (Å²) in [7, 11) is 2.75. The number of amides is 1. The largest absolute Gasteiger partial charge is 0.493 e. The van der Waals surface area contributed by atoms with Crippen molar-refractivity contribution in [2.45, 2.75) is 18.5 Å². The monoisotopic (exact) mass is 327 g/mol. The first-order chi connectivity index (χ1) is 10.1. The second-order valence-corrected chi connectivity index (χ2v) is 4.23. The van der Waals surface area contributed by atoms with Gasteiger partial charge in [0.2, 0.25) is 0 Å². The summed E-state index contributed by atoms with van der Waals surface area (Å²) in [5.41, 5.74) is 0.498. The minimum Gasteiger partial charge on any atom is -0.493 e. The molecule has 0 atom stereocenters. The van der Waals surface area contributed by atoms with Crippen molar-refractivity contribution >= 4 is 5.91 Å². The number of rotatable bonds is 6. The molecule has 1 N–H and O–H groups in total. The van der Waals surface area contributed by atoms with E-state index in [1.54, 1.807) is 23.5 Å². The van der Waals surface area contributed by atoms with Crippen molar-refractivity contribution in [2.75, 3.05) is 20.8 Å². The summed E-state index contributed by atoms with van der Waals surface area (Å²) in [6, 6.07) is 4.77. The first-order valence-electron chi connectivity index (χ1n) is 6.07. The van der Waals surface area contributed by atoms with Crippen LogP contribution in [0.2, 0.25) is 0 Å². The van der Waals surface area contributed by atoms with Crippen LogP contribution in [0.5, 0.6) is 11.5 Å². The first kappa shape index (κ1) is 18.0. The minimum atomic E-state index is -5.93. The topological polar surface area (TPSA) is 47.6 Å². The number of nitrogens with one attached hydrogen (secondary N) is 1. The van der Waals surface area contributed by atoms with Gasteiger partial charge in [-0.15, -0.1) is 0 Å². The minimum absolute atomic E-state index is 0.0000501. The average molecular weight is 327 g/mol. The number of carbonyl (C=O) groups is 1.